The van der Waals surface area contributed by atoms with E-state index in [1.54, 1.807) is 0 Å². The van der Waals surface area contributed by atoms with Gasteiger partial charge in [-0.2, -0.15) is 0 Å². The second kappa shape index (κ2) is 5.61. The molecule has 0 spiro atoms. The average Bonchev–Trinajstić information content (AvgIpc) is 2.67. The normalized spacial score (nSPS) is 32.4. The van der Waals surface area contributed by atoms with Crippen LogP contribution in [0.1, 0.15) is 37.3 Å². The topological polar surface area (TPSA) is 35.5 Å². The number of fused-ring (bicyclic) bond motifs is 2. The summed E-state index contributed by atoms with van der Waals surface area (Å²) in [6.45, 7) is 0.172. The number of hydrogen-bond acceptors (Lipinski definition) is 3. The quantitative estimate of drug-likeness (QED) is 0.868. The van der Waals surface area contributed by atoms with E-state index in [-0.39, 0.29) is 12.6 Å². The standard InChI is InChI=1S/C16H24N2O/c1-18-14-7-8-15(18)10-13(9-14)17-16(11-19)12-5-3-2-4-6-12/h2-6,13-17,19H,7-11H2,1H3. The zero-order valence-corrected chi connectivity index (χ0v) is 11.6. The predicted molar refractivity (Wildman–Crippen MR) is 77.0 cm³/mol. The maximum Gasteiger partial charge on any atom is 0.0626 e. The Hall–Kier alpha value is -0.900. The van der Waals surface area contributed by atoms with Crippen molar-refractivity contribution < 1.29 is 5.11 Å². The molecular weight excluding hydrogens is 236 g/mol. The van der Waals surface area contributed by atoms with Crippen molar-refractivity contribution in [2.45, 2.75) is 49.9 Å². The Morgan fingerprint density at radius 1 is 1.21 bits per heavy atom. The molecule has 0 saturated carbocycles. The second-order valence-corrected chi connectivity index (χ2v) is 6.03. The summed E-state index contributed by atoms with van der Waals surface area (Å²) in [6.07, 6.45) is 5.12. The third kappa shape index (κ3) is 2.69. The molecule has 2 aliphatic heterocycles. The zero-order chi connectivity index (χ0) is 13.2. The summed E-state index contributed by atoms with van der Waals surface area (Å²) in [5.74, 6) is 0. The minimum absolute atomic E-state index is 0.0778. The summed E-state index contributed by atoms with van der Waals surface area (Å²) >= 11 is 0. The molecule has 1 aromatic rings. The van der Waals surface area contributed by atoms with Crippen molar-refractivity contribution in [3.63, 3.8) is 0 Å². The molecule has 0 amide bonds. The van der Waals surface area contributed by atoms with Gasteiger partial charge in [0.25, 0.3) is 0 Å². The van der Waals surface area contributed by atoms with Crippen LogP contribution in [-0.4, -0.2) is 41.8 Å². The van der Waals surface area contributed by atoms with Gasteiger partial charge in [0.05, 0.1) is 12.6 Å². The number of hydrogen-bond donors (Lipinski definition) is 2. The average molecular weight is 260 g/mol. The summed E-state index contributed by atoms with van der Waals surface area (Å²) in [5.41, 5.74) is 1.19. The highest BCUT2D eigenvalue weighted by Gasteiger charge is 2.38. The van der Waals surface area contributed by atoms with Crippen LogP contribution in [0.25, 0.3) is 0 Å². The highest BCUT2D eigenvalue weighted by Crippen LogP contribution is 2.34. The van der Waals surface area contributed by atoms with Crippen LogP contribution >= 0.6 is 0 Å². The highest BCUT2D eigenvalue weighted by atomic mass is 16.3. The fourth-order valence-corrected chi connectivity index (χ4v) is 3.77. The van der Waals surface area contributed by atoms with Crippen molar-refractivity contribution in [2.24, 2.45) is 0 Å². The van der Waals surface area contributed by atoms with Gasteiger partial charge in [-0.1, -0.05) is 30.3 Å². The van der Waals surface area contributed by atoms with Gasteiger partial charge in [-0.3, -0.25) is 0 Å². The molecule has 3 nitrogen and oxygen atoms in total. The first-order chi connectivity index (χ1) is 9.28. The van der Waals surface area contributed by atoms with Gasteiger partial charge in [0.15, 0.2) is 0 Å². The number of rotatable bonds is 4. The lowest BCUT2D eigenvalue weighted by Gasteiger charge is -2.38. The van der Waals surface area contributed by atoms with E-state index in [4.69, 9.17) is 0 Å². The van der Waals surface area contributed by atoms with Crippen LogP contribution in [-0.2, 0) is 0 Å². The molecule has 2 saturated heterocycles. The summed E-state index contributed by atoms with van der Waals surface area (Å²) in [7, 11) is 2.26. The van der Waals surface area contributed by atoms with E-state index < -0.39 is 0 Å². The van der Waals surface area contributed by atoms with Crippen molar-refractivity contribution in [1.29, 1.82) is 0 Å². The van der Waals surface area contributed by atoms with Crippen LogP contribution in [0.4, 0.5) is 0 Å². The van der Waals surface area contributed by atoms with E-state index in [0.29, 0.717) is 6.04 Å². The Kier molecular flexibility index (Phi) is 3.87. The first-order valence-corrected chi connectivity index (χ1v) is 7.41. The van der Waals surface area contributed by atoms with Gasteiger partial charge in [-0.15, -0.1) is 0 Å². The molecule has 3 atom stereocenters. The van der Waals surface area contributed by atoms with Gasteiger partial charge in [0.2, 0.25) is 0 Å². The van der Waals surface area contributed by atoms with Crippen molar-refractivity contribution >= 4 is 0 Å². The number of benzene rings is 1. The van der Waals surface area contributed by atoms with Crippen LogP contribution in [0.3, 0.4) is 0 Å². The fraction of sp³-hybridized carbons (Fsp3) is 0.625. The minimum Gasteiger partial charge on any atom is -0.394 e. The minimum atomic E-state index is 0.0778. The number of aliphatic hydroxyl groups excluding tert-OH is 1. The molecule has 3 heteroatoms. The summed E-state index contributed by atoms with van der Waals surface area (Å²) < 4.78 is 0. The Balaban J connectivity index is 1.65. The van der Waals surface area contributed by atoms with Gasteiger partial charge in [-0.05, 0) is 38.3 Å². The van der Waals surface area contributed by atoms with Crippen LogP contribution in [0, 0.1) is 0 Å². The zero-order valence-electron chi connectivity index (χ0n) is 11.6. The van der Waals surface area contributed by atoms with Crippen molar-refractivity contribution in [2.75, 3.05) is 13.7 Å². The molecule has 0 aromatic heterocycles. The summed E-state index contributed by atoms with van der Waals surface area (Å²) in [5, 5.41) is 13.3. The molecule has 0 aliphatic carbocycles. The molecule has 2 N–H and O–H groups in total. The van der Waals surface area contributed by atoms with Gasteiger partial charge >= 0.3 is 0 Å². The third-order valence-electron chi connectivity index (χ3n) is 4.92. The smallest absolute Gasteiger partial charge is 0.0626 e. The molecule has 2 heterocycles. The lowest BCUT2D eigenvalue weighted by molar-refractivity contribution is 0.133. The Morgan fingerprint density at radius 3 is 2.42 bits per heavy atom. The largest absolute Gasteiger partial charge is 0.394 e. The summed E-state index contributed by atoms with van der Waals surface area (Å²) in [4.78, 5) is 2.55. The van der Waals surface area contributed by atoms with E-state index in [0.717, 1.165) is 12.1 Å². The second-order valence-electron chi connectivity index (χ2n) is 6.03. The van der Waals surface area contributed by atoms with Crippen molar-refractivity contribution in [3.8, 4) is 0 Å². The maximum atomic E-state index is 9.64. The van der Waals surface area contributed by atoms with E-state index in [1.807, 2.05) is 18.2 Å². The fourth-order valence-electron chi connectivity index (χ4n) is 3.77. The van der Waals surface area contributed by atoms with Gasteiger partial charge in [-0.25, -0.2) is 0 Å². The predicted octanol–water partition coefficient (Wildman–Crippen LogP) is 1.93. The molecule has 1 aromatic carbocycles. The SMILES string of the molecule is CN1C2CCC1CC(NC(CO)c1ccccc1)C2. The Bertz CT molecular complexity index is 394. The molecule has 2 bridgehead atoms. The molecular formula is C16H24N2O. The lowest BCUT2D eigenvalue weighted by atomic mass is 9.96. The van der Waals surface area contributed by atoms with Crippen molar-refractivity contribution in [3.05, 3.63) is 35.9 Å². The van der Waals surface area contributed by atoms with Crippen LogP contribution in [0.15, 0.2) is 30.3 Å². The number of nitrogens with one attached hydrogen (secondary N) is 1. The van der Waals surface area contributed by atoms with Gasteiger partial charge in [0.1, 0.15) is 0 Å². The number of piperidine rings is 1. The van der Waals surface area contributed by atoms with E-state index in [9.17, 15) is 5.11 Å². The maximum absolute atomic E-state index is 9.64. The third-order valence-corrected chi connectivity index (χ3v) is 4.92. The first-order valence-electron chi connectivity index (χ1n) is 7.41. The van der Waals surface area contributed by atoms with Gasteiger partial charge in [0, 0.05) is 18.1 Å². The Morgan fingerprint density at radius 2 is 1.84 bits per heavy atom. The molecule has 19 heavy (non-hydrogen) atoms. The van der Waals surface area contributed by atoms with E-state index >= 15 is 0 Å². The van der Waals surface area contributed by atoms with Crippen LogP contribution in [0.2, 0.25) is 0 Å². The number of nitrogens with zero attached hydrogens (tertiary/aromatic N) is 1. The molecule has 3 rings (SSSR count). The van der Waals surface area contributed by atoms with Crippen molar-refractivity contribution in [1.82, 2.24) is 10.2 Å². The number of aliphatic hydroxyl groups is 1. The summed E-state index contributed by atoms with van der Waals surface area (Å²) in [6, 6.07) is 12.4. The van der Waals surface area contributed by atoms with Gasteiger partial charge < -0.3 is 15.3 Å². The molecule has 2 fully saturated rings. The first kappa shape index (κ1) is 13.1. The van der Waals surface area contributed by atoms with E-state index in [2.05, 4.69) is 29.4 Å². The monoisotopic (exact) mass is 260 g/mol. The molecule has 2 aliphatic rings. The molecule has 0 radical (unpaired) electrons. The molecule has 3 unspecified atom stereocenters. The lowest BCUT2D eigenvalue weighted by Crippen LogP contribution is -2.48. The highest BCUT2D eigenvalue weighted by molar-refractivity contribution is 5.19. The Labute approximate surface area is 115 Å². The van der Waals surface area contributed by atoms with Crippen LogP contribution < -0.4 is 5.32 Å². The van der Waals surface area contributed by atoms with Crippen LogP contribution in [0.5, 0.6) is 0 Å². The van der Waals surface area contributed by atoms with E-state index in [1.165, 1.54) is 31.2 Å². The molecule has 104 valence electrons.